The van der Waals surface area contributed by atoms with E-state index < -0.39 is 6.72 Å². The van der Waals surface area contributed by atoms with Crippen molar-refractivity contribution < 1.29 is 9.09 Å². The fraction of sp³-hybridized carbons (Fsp3) is 1.00. The molecule has 4 nitrogen and oxygen atoms in total. The SMILES string of the molecule is CCOP(=O)(SCCN(C)C)N(C)C. The van der Waals surface area contributed by atoms with Crippen molar-refractivity contribution in [3.8, 4) is 0 Å². The molecule has 14 heavy (non-hydrogen) atoms. The van der Waals surface area contributed by atoms with Crippen molar-refractivity contribution in [3.63, 3.8) is 0 Å². The Morgan fingerprint density at radius 1 is 1.29 bits per heavy atom. The molecule has 0 aromatic carbocycles. The van der Waals surface area contributed by atoms with Gasteiger partial charge in [0, 0.05) is 12.3 Å². The molecule has 0 N–H and O–H groups in total. The lowest BCUT2D eigenvalue weighted by molar-refractivity contribution is 0.313. The van der Waals surface area contributed by atoms with Crippen molar-refractivity contribution in [2.75, 3.05) is 47.1 Å². The zero-order valence-corrected chi connectivity index (χ0v) is 11.4. The van der Waals surface area contributed by atoms with Crippen molar-refractivity contribution in [2.45, 2.75) is 6.92 Å². The lowest BCUT2D eigenvalue weighted by Gasteiger charge is -2.23. The highest BCUT2D eigenvalue weighted by molar-refractivity contribution is 8.55. The molecule has 0 rings (SSSR count). The number of hydrogen-bond donors (Lipinski definition) is 0. The van der Waals surface area contributed by atoms with Gasteiger partial charge in [0.2, 0.25) is 0 Å². The molecule has 0 saturated heterocycles. The molecule has 0 heterocycles. The summed E-state index contributed by atoms with van der Waals surface area (Å²) in [7, 11) is 7.59. The van der Waals surface area contributed by atoms with E-state index in [1.807, 2.05) is 21.0 Å². The monoisotopic (exact) mass is 240 g/mol. The second-order valence-electron chi connectivity index (χ2n) is 3.37. The van der Waals surface area contributed by atoms with Crippen LogP contribution in [0.3, 0.4) is 0 Å². The molecular formula is C8H21N2O2PS. The lowest BCUT2D eigenvalue weighted by Crippen LogP contribution is -2.16. The van der Waals surface area contributed by atoms with Gasteiger partial charge < -0.3 is 9.42 Å². The maximum Gasteiger partial charge on any atom is 0.328 e. The Balaban J connectivity index is 4.04. The van der Waals surface area contributed by atoms with Crippen LogP contribution in [-0.2, 0) is 9.09 Å². The molecule has 86 valence electrons. The van der Waals surface area contributed by atoms with Crippen molar-refractivity contribution in [1.82, 2.24) is 9.57 Å². The highest BCUT2D eigenvalue weighted by Crippen LogP contribution is 2.60. The third-order valence-electron chi connectivity index (χ3n) is 1.58. The fourth-order valence-corrected chi connectivity index (χ4v) is 4.48. The number of nitrogens with zero attached hydrogens (tertiary/aromatic N) is 2. The molecule has 0 bridgehead atoms. The summed E-state index contributed by atoms with van der Waals surface area (Å²) in [5.74, 6) is 0.822. The molecule has 0 fully saturated rings. The Hall–Kier alpha value is 0.460. The first kappa shape index (κ1) is 14.5. The minimum Gasteiger partial charge on any atom is -0.310 e. The third-order valence-corrected chi connectivity index (χ3v) is 6.65. The summed E-state index contributed by atoms with van der Waals surface area (Å²) in [5, 5.41) is 0. The first-order valence-corrected chi connectivity index (χ1v) is 7.81. The van der Waals surface area contributed by atoms with E-state index in [9.17, 15) is 4.57 Å². The van der Waals surface area contributed by atoms with Crippen LogP contribution < -0.4 is 0 Å². The maximum absolute atomic E-state index is 12.1. The van der Waals surface area contributed by atoms with Gasteiger partial charge in [0.1, 0.15) is 0 Å². The topological polar surface area (TPSA) is 32.8 Å². The Morgan fingerprint density at radius 2 is 1.86 bits per heavy atom. The van der Waals surface area contributed by atoms with E-state index >= 15 is 0 Å². The normalized spacial score (nSPS) is 16.2. The molecule has 0 saturated carbocycles. The Bertz CT molecular complexity index is 200. The Kier molecular flexibility index (Phi) is 7.08. The molecule has 1 atom stereocenters. The quantitative estimate of drug-likeness (QED) is 0.635. The second-order valence-corrected chi connectivity index (χ2v) is 8.19. The first-order valence-electron chi connectivity index (χ1n) is 4.64. The zero-order valence-electron chi connectivity index (χ0n) is 9.69. The molecule has 0 aliphatic heterocycles. The highest BCUT2D eigenvalue weighted by Gasteiger charge is 2.26. The van der Waals surface area contributed by atoms with Crippen molar-refractivity contribution in [1.29, 1.82) is 0 Å². The molecule has 0 amide bonds. The molecule has 0 aromatic heterocycles. The lowest BCUT2D eigenvalue weighted by atomic mass is 10.7. The van der Waals surface area contributed by atoms with Gasteiger partial charge in [0.25, 0.3) is 0 Å². The summed E-state index contributed by atoms with van der Waals surface area (Å²) in [5.41, 5.74) is 0. The van der Waals surface area contributed by atoms with Gasteiger partial charge in [-0.05, 0) is 35.1 Å². The van der Waals surface area contributed by atoms with Crippen LogP contribution in [0.5, 0.6) is 0 Å². The standard InChI is InChI=1S/C8H21N2O2PS/c1-6-12-13(11,10(4)5)14-8-7-9(2)3/h6-8H2,1-5H3. The number of rotatable bonds is 7. The van der Waals surface area contributed by atoms with E-state index in [4.69, 9.17) is 4.52 Å². The van der Waals surface area contributed by atoms with Crippen molar-refractivity contribution in [3.05, 3.63) is 0 Å². The molecule has 0 spiro atoms. The molecule has 0 aliphatic rings. The molecular weight excluding hydrogens is 219 g/mol. The number of hydrogen-bond acceptors (Lipinski definition) is 4. The van der Waals surface area contributed by atoms with Crippen LogP contribution in [0, 0.1) is 0 Å². The van der Waals surface area contributed by atoms with Gasteiger partial charge in [-0.1, -0.05) is 11.4 Å². The van der Waals surface area contributed by atoms with E-state index in [-0.39, 0.29) is 0 Å². The Morgan fingerprint density at radius 3 is 2.21 bits per heavy atom. The van der Waals surface area contributed by atoms with E-state index in [1.165, 1.54) is 11.4 Å². The van der Waals surface area contributed by atoms with Crippen LogP contribution in [0.15, 0.2) is 0 Å². The predicted molar refractivity (Wildman–Crippen MR) is 63.9 cm³/mol. The Labute approximate surface area is 91.2 Å². The van der Waals surface area contributed by atoms with Gasteiger partial charge in [-0.25, -0.2) is 4.67 Å². The van der Waals surface area contributed by atoms with E-state index in [2.05, 4.69) is 4.90 Å². The smallest absolute Gasteiger partial charge is 0.310 e. The van der Waals surface area contributed by atoms with Crippen LogP contribution in [0.1, 0.15) is 6.92 Å². The molecule has 0 aliphatic carbocycles. The van der Waals surface area contributed by atoms with Crippen LogP contribution in [-0.4, -0.2) is 56.7 Å². The van der Waals surface area contributed by atoms with Gasteiger partial charge in [-0.2, -0.15) is 0 Å². The predicted octanol–water partition coefficient (Wildman–Crippen LogP) is 1.99. The van der Waals surface area contributed by atoms with Crippen LogP contribution in [0.4, 0.5) is 0 Å². The summed E-state index contributed by atoms with van der Waals surface area (Å²) in [6, 6.07) is 0. The summed E-state index contributed by atoms with van der Waals surface area (Å²) in [6.07, 6.45) is 0. The van der Waals surface area contributed by atoms with Crippen LogP contribution in [0.25, 0.3) is 0 Å². The minimum atomic E-state index is -2.62. The molecule has 0 radical (unpaired) electrons. The van der Waals surface area contributed by atoms with Gasteiger partial charge in [0.05, 0.1) is 6.61 Å². The molecule has 1 unspecified atom stereocenters. The van der Waals surface area contributed by atoms with Gasteiger partial charge in [0.15, 0.2) is 0 Å². The first-order chi connectivity index (χ1) is 6.42. The van der Waals surface area contributed by atoms with Crippen molar-refractivity contribution in [2.24, 2.45) is 0 Å². The maximum atomic E-state index is 12.1. The fourth-order valence-electron chi connectivity index (χ4n) is 0.770. The van der Waals surface area contributed by atoms with Gasteiger partial charge in [-0.3, -0.25) is 4.57 Å². The van der Waals surface area contributed by atoms with Crippen molar-refractivity contribution >= 4 is 18.1 Å². The van der Waals surface area contributed by atoms with Crippen LogP contribution >= 0.6 is 18.1 Å². The molecule has 0 aromatic rings. The van der Waals surface area contributed by atoms with E-state index in [0.717, 1.165) is 12.3 Å². The average molecular weight is 240 g/mol. The second kappa shape index (κ2) is 6.85. The van der Waals surface area contributed by atoms with E-state index in [1.54, 1.807) is 18.8 Å². The molecule has 6 heteroatoms. The van der Waals surface area contributed by atoms with Gasteiger partial charge >= 0.3 is 6.72 Å². The summed E-state index contributed by atoms with van der Waals surface area (Å²) < 4.78 is 19.1. The highest BCUT2D eigenvalue weighted by atomic mass is 32.7. The summed E-state index contributed by atoms with van der Waals surface area (Å²) in [4.78, 5) is 2.07. The average Bonchev–Trinajstić information content (AvgIpc) is 2.03. The van der Waals surface area contributed by atoms with Gasteiger partial charge in [-0.15, -0.1) is 0 Å². The minimum absolute atomic E-state index is 0.490. The largest absolute Gasteiger partial charge is 0.328 e. The zero-order chi connectivity index (χ0) is 11.2. The van der Waals surface area contributed by atoms with E-state index in [0.29, 0.717) is 6.61 Å². The summed E-state index contributed by atoms with van der Waals surface area (Å²) >= 11 is 1.40. The summed E-state index contributed by atoms with van der Waals surface area (Å²) in [6.45, 7) is 0.642. The third kappa shape index (κ3) is 5.37. The van der Waals surface area contributed by atoms with Crippen LogP contribution in [0.2, 0.25) is 0 Å².